The molecule has 0 aliphatic heterocycles. The summed E-state index contributed by atoms with van der Waals surface area (Å²) in [7, 11) is 0. The van der Waals surface area contributed by atoms with Crippen molar-refractivity contribution in [2.24, 2.45) is 0 Å². The fourth-order valence-corrected chi connectivity index (χ4v) is 9.24. The van der Waals surface area contributed by atoms with Crippen molar-refractivity contribution >= 4 is 64.6 Å². The SMILES string of the molecule is Cc1cccc(C)c1-c1c2c(c(-c3ccc4ccccc4c3)c3ccccc13)-c1ccc3c4cccc5cccc(c6ccc-2c1c36)c54. The molecule has 0 saturated heterocycles. The van der Waals surface area contributed by atoms with Crippen LogP contribution in [-0.2, 0) is 0 Å². The van der Waals surface area contributed by atoms with Gasteiger partial charge in [0.1, 0.15) is 0 Å². The highest BCUT2D eigenvalue weighted by Gasteiger charge is 2.32. The second-order valence-corrected chi connectivity index (χ2v) is 13.7. The minimum atomic E-state index is 1.27. The van der Waals surface area contributed by atoms with Crippen LogP contribution >= 0.6 is 0 Å². The molecule has 10 aromatic rings. The molecular formula is C48H30. The summed E-state index contributed by atoms with van der Waals surface area (Å²) in [5.41, 5.74) is 13.3. The lowest BCUT2D eigenvalue weighted by Crippen LogP contribution is -1.96. The number of hydrogen-bond acceptors (Lipinski definition) is 0. The number of rotatable bonds is 2. The van der Waals surface area contributed by atoms with Gasteiger partial charge in [-0.15, -0.1) is 0 Å². The molecule has 0 nitrogen and oxygen atoms in total. The molecule has 10 aromatic carbocycles. The summed E-state index contributed by atoms with van der Waals surface area (Å²) in [5, 5.41) is 15.9. The van der Waals surface area contributed by atoms with E-state index in [0.29, 0.717) is 0 Å². The van der Waals surface area contributed by atoms with E-state index in [1.807, 2.05) is 0 Å². The predicted molar refractivity (Wildman–Crippen MR) is 207 cm³/mol. The quantitative estimate of drug-likeness (QED) is 0.136. The maximum Gasteiger partial charge on any atom is -0.000720 e. The van der Waals surface area contributed by atoms with Crippen molar-refractivity contribution < 1.29 is 0 Å². The third-order valence-electron chi connectivity index (χ3n) is 11.2. The predicted octanol–water partition coefficient (Wildman–Crippen LogP) is 13.6. The molecule has 222 valence electrons. The van der Waals surface area contributed by atoms with E-state index in [0.717, 1.165) is 0 Å². The summed E-state index contributed by atoms with van der Waals surface area (Å²) < 4.78 is 0. The van der Waals surface area contributed by atoms with Crippen molar-refractivity contribution in [3.05, 3.63) is 157 Å². The third kappa shape index (κ3) is 3.25. The first-order chi connectivity index (χ1) is 23.7. The average molecular weight is 607 g/mol. The number of aryl methyl sites for hydroxylation is 2. The monoisotopic (exact) mass is 606 g/mol. The Kier molecular flexibility index (Phi) is 5.07. The first-order valence-electron chi connectivity index (χ1n) is 16.9. The van der Waals surface area contributed by atoms with Crippen molar-refractivity contribution in [3.63, 3.8) is 0 Å². The Hall–Kier alpha value is -5.98. The zero-order valence-electron chi connectivity index (χ0n) is 26.9. The molecule has 0 heteroatoms. The second kappa shape index (κ2) is 9.31. The van der Waals surface area contributed by atoms with Crippen molar-refractivity contribution in [3.8, 4) is 44.5 Å². The molecule has 1 aliphatic carbocycles. The Morgan fingerprint density at radius 2 is 0.812 bits per heavy atom. The lowest BCUT2D eigenvalue weighted by Gasteiger charge is -2.22. The topological polar surface area (TPSA) is 0 Å². The van der Waals surface area contributed by atoms with Gasteiger partial charge in [-0.05, 0) is 140 Å². The average Bonchev–Trinajstić information content (AvgIpc) is 3.46. The molecule has 0 N–H and O–H groups in total. The van der Waals surface area contributed by atoms with Crippen LogP contribution in [0.2, 0.25) is 0 Å². The summed E-state index contributed by atoms with van der Waals surface area (Å²) in [4.78, 5) is 0. The van der Waals surface area contributed by atoms with Gasteiger partial charge >= 0.3 is 0 Å². The highest BCUT2D eigenvalue weighted by molar-refractivity contribution is 6.39. The zero-order valence-corrected chi connectivity index (χ0v) is 26.9. The van der Waals surface area contributed by atoms with Gasteiger partial charge in [-0.1, -0.05) is 140 Å². The Morgan fingerprint density at radius 3 is 1.50 bits per heavy atom. The van der Waals surface area contributed by atoms with Crippen LogP contribution in [0.4, 0.5) is 0 Å². The van der Waals surface area contributed by atoms with E-state index in [1.54, 1.807) is 0 Å². The van der Waals surface area contributed by atoms with Crippen LogP contribution in [0.3, 0.4) is 0 Å². The molecule has 1 aliphatic rings. The highest BCUT2D eigenvalue weighted by atomic mass is 14.3. The van der Waals surface area contributed by atoms with Crippen LogP contribution in [0.1, 0.15) is 11.1 Å². The van der Waals surface area contributed by atoms with E-state index in [4.69, 9.17) is 0 Å². The van der Waals surface area contributed by atoms with Gasteiger partial charge in [-0.25, -0.2) is 0 Å². The van der Waals surface area contributed by atoms with Crippen LogP contribution < -0.4 is 0 Å². The van der Waals surface area contributed by atoms with Gasteiger partial charge in [-0.3, -0.25) is 0 Å². The molecule has 0 saturated carbocycles. The minimum absolute atomic E-state index is 1.27. The lowest BCUT2D eigenvalue weighted by atomic mass is 9.80. The smallest absolute Gasteiger partial charge is 0.000720 e. The molecule has 0 atom stereocenters. The van der Waals surface area contributed by atoms with Gasteiger partial charge in [0.2, 0.25) is 0 Å². The lowest BCUT2D eigenvalue weighted by molar-refractivity contribution is 1.39. The van der Waals surface area contributed by atoms with Crippen LogP contribution in [0.15, 0.2) is 146 Å². The van der Waals surface area contributed by atoms with E-state index in [1.165, 1.54) is 120 Å². The summed E-state index contributed by atoms with van der Waals surface area (Å²) in [6, 6.07) is 54.8. The zero-order chi connectivity index (χ0) is 31.7. The van der Waals surface area contributed by atoms with Crippen molar-refractivity contribution in [2.75, 3.05) is 0 Å². The second-order valence-electron chi connectivity index (χ2n) is 13.7. The normalized spacial score (nSPS) is 12.4. The molecule has 0 heterocycles. The van der Waals surface area contributed by atoms with Crippen molar-refractivity contribution in [1.82, 2.24) is 0 Å². The van der Waals surface area contributed by atoms with Gasteiger partial charge in [0.25, 0.3) is 0 Å². The van der Waals surface area contributed by atoms with E-state index in [9.17, 15) is 0 Å². The fourth-order valence-electron chi connectivity index (χ4n) is 9.24. The maximum atomic E-state index is 2.43. The molecule has 48 heavy (non-hydrogen) atoms. The first kappa shape index (κ1) is 26.1. The summed E-state index contributed by atoms with van der Waals surface area (Å²) in [6.45, 7) is 4.55. The molecule has 0 spiro atoms. The largest absolute Gasteiger partial charge is 0.0617 e. The van der Waals surface area contributed by atoms with Crippen molar-refractivity contribution in [1.29, 1.82) is 0 Å². The molecule has 11 rings (SSSR count). The summed E-state index contributed by atoms with van der Waals surface area (Å²) in [5.74, 6) is 0. The molecule has 0 fully saturated rings. The Morgan fingerprint density at radius 1 is 0.292 bits per heavy atom. The molecule has 0 radical (unpaired) electrons. The first-order valence-corrected chi connectivity index (χ1v) is 16.9. The number of hydrogen-bond donors (Lipinski definition) is 0. The van der Waals surface area contributed by atoms with Gasteiger partial charge in [0, 0.05) is 0 Å². The maximum absolute atomic E-state index is 2.43. The molecule has 0 bridgehead atoms. The Bertz CT molecular complexity index is 2940. The van der Waals surface area contributed by atoms with E-state index < -0.39 is 0 Å². The van der Waals surface area contributed by atoms with E-state index >= 15 is 0 Å². The van der Waals surface area contributed by atoms with Crippen LogP contribution in [0.5, 0.6) is 0 Å². The van der Waals surface area contributed by atoms with Crippen molar-refractivity contribution in [2.45, 2.75) is 13.8 Å². The van der Waals surface area contributed by atoms with Gasteiger partial charge < -0.3 is 0 Å². The van der Waals surface area contributed by atoms with Crippen LogP contribution in [-0.4, -0.2) is 0 Å². The summed E-state index contributed by atoms with van der Waals surface area (Å²) in [6.07, 6.45) is 0. The Labute approximate surface area is 278 Å². The van der Waals surface area contributed by atoms with E-state index in [2.05, 4.69) is 159 Å². The van der Waals surface area contributed by atoms with Gasteiger partial charge in [0.05, 0.1) is 0 Å². The molecule has 0 unspecified atom stereocenters. The Balaban J connectivity index is 1.39. The van der Waals surface area contributed by atoms with E-state index in [-0.39, 0.29) is 0 Å². The molecule has 0 aromatic heterocycles. The summed E-state index contributed by atoms with van der Waals surface area (Å²) >= 11 is 0. The van der Waals surface area contributed by atoms with Gasteiger partial charge in [-0.2, -0.15) is 0 Å². The highest BCUT2D eigenvalue weighted by Crippen LogP contribution is 2.60. The number of benzene rings is 10. The number of fused-ring (bicyclic) bond motifs is 7. The van der Waals surface area contributed by atoms with Crippen LogP contribution in [0, 0.1) is 13.8 Å². The molecule has 0 amide bonds. The van der Waals surface area contributed by atoms with Crippen LogP contribution in [0.25, 0.3) is 109 Å². The standard InChI is InChI=1S/C48H30/c1-27-10-7-11-28(2)41(27)46-36-17-6-5-16-35(36)43(32-21-20-29-12-3-4-13-31(29)26-32)47-39-24-22-37-33-18-8-14-30-15-9-19-34(42(30)33)38-23-25-40(48(46)47)45(39)44(37)38/h3-26H,1-2H3. The van der Waals surface area contributed by atoms with Gasteiger partial charge in [0.15, 0.2) is 0 Å². The third-order valence-corrected chi connectivity index (χ3v) is 11.2. The fraction of sp³-hybridized carbons (Fsp3) is 0.0417. The minimum Gasteiger partial charge on any atom is -0.0617 e. The molecular weight excluding hydrogens is 577 g/mol.